The van der Waals surface area contributed by atoms with Crippen molar-refractivity contribution in [2.75, 3.05) is 5.32 Å². The van der Waals surface area contributed by atoms with Crippen molar-refractivity contribution in [2.45, 2.75) is 63.3 Å². The molecule has 0 aromatic carbocycles. The molecule has 0 saturated carbocycles. The molecule has 2 aromatic rings. The Morgan fingerprint density at radius 2 is 2.10 bits per heavy atom. The Labute approximate surface area is 174 Å². The van der Waals surface area contributed by atoms with Crippen molar-refractivity contribution in [1.82, 2.24) is 15.0 Å². The van der Waals surface area contributed by atoms with Crippen molar-refractivity contribution in [2.24, 2.45) is 5.41 Å². The van der Waals surface area contributed by atoms with E-state index in [0.29, 0.717) is 33.8 Å². The monoisotopic (exact) mass is 410 g/mol. The first-order valence-electron chi connectivity index (χ1n) is 10.0. The quantitative estimate of drug-likeness (QED) is 0.579. The number of allylic oxidation sites excluding steroid dienone is 2. The van der Waals surface area contributed by atoms with Gasteiger partial charge in [0.05, 0.1) is 5.56 Å². The Balaban J connectivity index is 1.90. The number of carbonyl (C=O) groups excluding carboxylic acids is 1. The molecule has 2 N–H and O–H groups in total. The lowest BCUT2D eigenvalue weighted by atomic mass is 9.69. The van der Waals surface area contributed by atoms with Gasteiger partial charge in [0.15, 0.2) is 10.9 Å². The van der Waals surface area contributed by atoms with Gasteiger partial charge >= 0.3 is 0 Å². The summed E-state index contributed by atoms with van der Waals surface area (Å²) in [6, 6.07) is 3.76. The zero-order chi connectivity index (χ0) is 20.8. The maximum Gasteiger partial charge on any atom is 0.257 e. The number of aromatic amines is 1. The Morgan fingerprint density at radius 1 is 1.31 bits per heavy atom. The number of fused-ring (bicyclic) bond motifs is 1. The SMILES string of the molecule is CC[C@@H](C)Sc1nc2c(c(=O)[nH]1)[C@@H](c1cccnc1)C1=C(CC(C)(C)CC1=O)N2. The number of carbonyl (C=O) groups is 1. The first-order chi connectivity index (χ1) is 13.8. The second kappa shape index (κ2) is 7.44. The molecule has 2 aromatic heterocycles. The van der Waals surface area contributed by atoms with Crippen LogP contribution in [0.4, 0.5) is 5.82 Å². The minimum Gasteiger partial charge on any atom is -0.343 e. The van der Waals surface area contributed by atoms with Gasteiger partial charge in [-0.2, -0.15) is 0 Å². The lowest BCUT2D eigenvalue weighted by molar-refractivity contribution is -0.118. The number of nitrogens with zero attached hydrogens (tertiary/aromatic N) is 2. The molecule has 0 unspecified atom stereocenters. The molecule has 7 heteroatoms. The van der Waals surface area contributed by atoms with Crippen LogP contribution in [0.25, 0.3) is 0 Å². The van der Waals surface area contributed by atoms with E-state index in [9.17, 15) is 9.59 Å². The Kier molecular flexibility index (Phi) is 5.11. The molecule has 2 atom stereocenters. The number of H-pyrrole nitrogens is 1. The first-order valence-corrected chi connectivity index (χ1v) is 10.9. The minimum atomic E-state index is -0.447. The number of thioether (sulfide) groups is 1. The molecule has 1 aliphatic carbocycles. The molecule has 4 rings (SSSR count). The highest BCUT2D eigenvalue weighted by molar-refractivity contribution is 7.99. The predicted molar refractivity (Wildman–Crippen MR) is 115 cm³/mol. The fourth-order valence-corrected chi connectivity index (χ4v) is 4.95. The maximum atomic E-state index is 13.1. The average molecular weight is 411 g/mol. The third kappa shape index (κ3) is 3.75. The fraction of sp³-hybridized carbons (Fsp3) is 0.455. The third-order valence-corrected chi connectivity index (χ3v) is 6.76. The lowest BCUT2D eigenvalue weighted by Gasteiger charge is -2.38. The topological polar surface area (TPSA) is 87.7 Å². The third-order valence-electron chi connectivity index (χ3n) is 5.61. The van der Waals surface area contributed by atoms with Gasteiger partial charge in [0.1, 0.15) is 5.82 Å². The van der Waals surface area contributed by atoms with Crippen LogP contribution in [0.1, 0.15) is 64.0 Å². The van der Waals surface area contributed by atoms with Crippen LogP contribution in [0, 0.1) is 5.41 Å². The summed E-state index contributed by atoms with van der Waals surface area (Å²) >= 11 is 1.56. The zero-order valence-corrected chi connectivity index (χ0v) is 18.0. The molecule has 6 nitrogen and oxygen atoms in total. The first kappa shape index (κ1) is 19.9. The molecule has 29 heavy (non-hydrogen) atoms. The van der Waals surface area contributed by atoms with E-state index in [1.165, 1.54) is 0 Å². The van der Waals surface area contributed by atoms with Crippen molar-refractivity contribution in [3.63, 3.8) is 0 Å². The highest BCUT2D eigenvalue weighted by Crippen LogP contribution is 2.47. The summed E-state index contributed by atoms with van der Waals surface area (Å²) in [7, 11) is 0. The number of rotatable bonds is 4. The summed E-state index contributed by atoms with van der Waals surface area (Å²) < 4.78 is 0. The van der Waals surface area contributed by atoms with E-state index in [4.69, 9.17) is 4.98 Å². The van der Waals surface area contributed by atoms with Gasteiger partial charge in [0.2, 0.25) is 0 Å². The lowest BCUT2D eigenvalue weighted by Crippen LogP contribution is -2.37. The summed E-state index contributed by atoms with van der Waals surface area (Å²) in [4.78, 5) is 38.2. The van der Waals surface area contributed by atoms with Crippen molar-refractivity contribution >= 4 is 23.4 Å². The van der Waals surface area contributed by atoms with E-state index in [1.807, 2.05) is 12.1 Å². The van der Waals surface area contributed by atoms with Crippen LogP contribution < -0.4 is 10.9 Å². The van der Waals surface area contributed by atoms with Crippen molar-refractivity contribution in [3.05, 3.63) is 57.3 Å². The Hall–Kier alpha value is -2.41. The van der Waals surface area contributed by atoms with Gasteiger partial charge in [-0.15, -0.1) is 0 Å². The highest BCUT2D eigenvalue weighted by Gasteiger charge is 2.42. The molecule has 2 aliphatic rings. The molecule has 1 aliphatic heterocycles. The Morgan fingerprint density at radius 3 is 2.79 bits per heavy atom. The predicted octanol–water partition coefficient (Wildman–Crippen LogP) is 4.26. The van der Waals surface area contributed by atoms with Crippen molar-refractivity contribution in [1.29, 1.82) is 0 Å². The number of anilines is 1. The number of ketones is 1. The van der Waals surface area contributed by atoms with Crippen LogP contribution in [0.5, 0.6) is 0 Å². The van der Waals surface area contributed by atoms with Crippen molar-refractivity contribution < 1.29 is 4.79 Å². The molecule has 3 heterocycles. The minimum absolute atomic E-state index is 0.0840. The van der Waals surface area contributed by atoms with Crippen LogP contribution in [0.15, 0.2) is 45.7 Å². The van der Waals surface area contributed by atoms with Crippen LogP contribution >= 0.6 is 11.8 Å². The van der Waals surface area contributed by atoms with E-state index in [2.05, 4.69) is 43.0 Å². The fourth-order valence-electron chi connectivity index (χ4n) is 4.10. The van der Waals surface area contributed by atoms with Gasteiger partial charge in [-0.25, -0.2) is 4.98 Å². The summed E-state index contributed by atoms with van der Waals surface area (Å²) in [5, 5.41) is 4.30. The van der Waals surface area contributed by atoms with Gasteiger partial charge in [-0.05, 0) is 29.9 Å². The van der Waals surface area contributed by atoms with E-state index in [-0.39, 0.29) is 16.8 Å². The standard InChI is InChI=1S/C22H26N4O2S/c1-5-12(2)29-21-25-19-18(20(28)26-21)16(13-7-6-8-23-11-13)17-14(24-19)9-22(3,4)10-15(17)27/h6-8,11-12,16H,5,9-10H2,1-4H3,(H2,24,25,26,28)/t12-,16+/m1/s1. The van der Waals surface area contributed by atoms with E-state index >= 15 is 0 Å². The molecule has 0 amide bonds. The van der Waals surface area contributed by atoms with Gasteiger partial charge in [-0.3, -0.25) is 14.6 Å². The van der Waals surface area contributed by atoms with E-state index < -0.39 is 5.92 Å². The molecule has 152 valence electrons. The van der Waals surface area contributed by atoms with Crippen LogP contribution in [0.3, 0.4) is 0 Å². The highest BCUT2D eigenvalue weighted by atomic mass is 32.2. The summed E-state index contributed by atoms with van der Waals surface area (Å²) in [6.45, 7) is 8.41. The van der Waals surface area contributed by atoms with Crippen LogP contribution in [-0.4, -0.2) is 26.0 Å². The Bertz CT molecular complexity index is 1040. The molecule has 0 bridgehead atoms. The molecule has 0 saturated heterocycles. The molecule has 0 spiro atoms. The molecular formula is C22H26N4O2S. The number of pyridine rings is 1. The molecule has 0 radical (unpaired) electrons. The number of Topliss-reactive ketones (excluding diaryl/α,β-unsaturated/α-hetero) is 1. The maximum absolute atomic E-state index is 13.1. The normalized spacial score (nSPS) is 21.2. The number of hydrogen-bond donors (Lipinski definition) is 2. The van der Waals surface area contributed by atoms with E-state index in [1.54, 1.807) is 24.2 Å². The molecule has 0 fully saturated rings. The van der Waals surface area contributed by atoms with Gasteiger partial charge in [0, 0.05) is 41.3 Å². The zero-order valence-electron chi connectivity index (χ0n) is 17.2. The summed E-state index contributed by atoms with van der Waals surface area (Å²) in [5.41, 5.74) is 2.56. The number of nitrogens with one attached hydrogen (secondary N) is 2. The second-order valence-corrected chi connectivity index (χ2v) is 10.1. The van der Waals surface area contributed by atoms with Crippen LogP contribution in [0.2, 0.25) is 0 Å². The van der Waals surface area contributed by atoms with Gasteiger partial charge in [0.25, 0.3) is 5.56 Å². The van der Waals surface area contributed by atoms with E-state index in [0.717, 1.165) is 24.1 Å². The van der Waals surface area contributed by atoms with Crippen molar-refractivity contribution in [3.8, 4) is 0 Å². The smallest absolute Gasteiger partial charge is 0.257 e. The largest absolute Gasteiger partial charge is 0.343 e. The average Bonchev–Trinajstić information content (AvgIpc) is 2.66. The molecular weight excluding hydrogens is 384 g/mol. The summed E-state index contributed by atoms with van der Waals surface area (Å²) in [6.07, 6.45) is 5.62. The van der Waals surface area contributed by atoms with Gasteiger partial charge < -0.3 is 10.3 Å². The summed E-state index contributed by atoms with van der Waals surface area (Å²) in [5.74, 6) is 0.191. The van der Waals surface area contributed by atoms with Crippen LogP contribution in [-0.2, 0) is 4.79 Å². The second-order valence-electron chi connectivity index (χ2n) is 8.65. The number of aromatic nitrogens is 3. The number of hydrogen-bond acceptors (Lipinski definition) is 6. The van der Waals surface area contributed by atoms with Gasteiger partial charge in [-0.1, -0.05) is 45.5 Å².